The monoisotopic (exact) mass is 310 g/mol. The van der Waals surface area contributed by atoms with Gasteiger partial charge in [0.2, 0.25) is 0 Å². The molecular weight excluding hydrogens is 288 g/mol. The van der Waals surface area contributed by atoms with Crippen LogP contribution in [0.2, 0.25) is 0 Å². The Morgan fingerprint density at radius 2 is 1.74 bits per heavy atom. The molecule has 0 unspecified atom stereocenters. The van der Waals surface area contributed by atoms with Crippen LogP contribution < -0.4 is 4.90 Å². The minimum absolute atomic E-state index is 0.748. The van der Waals surface area contributed by atoms with Gasteiger partial charge < -0.3 is 10.1 Å². The van der Waals surface area contributed by atoms with E-state index in [9.17, 15) is 5.21 Å². The zero-order valence-electron chi connectivity index (χ0n) is 13.2. The van der Waals surface area contributed by atoms with Gasteiger partial charge in [0, 0.05) is 45.3 Å². The number of oxime groups is 1. The van der Waals surface area contributed by atoms with Crippen LogP contribution in [0.15, 0.2) is 59.9 Å². The summed E-state index contributed by atoms with van der Waals surface area (Å²) in [7, 11) is 0. The summed E-state index contributed by atoms with van der Waals surface area (Å²) in [5.74, 6) is 1.05. The van der Waals surface area contributed by atoms with Gasteiger partial charge in [0.25, 0.3) is 0 Å². The first-order chi connectivity index (χ1) is 11.4. The summed E-state index contributed by atoms with van der Waals surface area (Å²) in [6.45, 7) is 4.88. The summed E-state index contributed by atoms with van der Waals surface area (Å²) in [6.07, 6.45) is 2.59. The number of nitrogens with zero attached hydrogens (tertiary/aromatic N) is 4. The number of hydrogen-bond acceptors (Lipinski definition) is 5. The average molecular weight is 310 g/mol. The van der Waals surface area contributed by atoms with Crippen LogP contribution in [0.4, 0.5) is 5.82 Å². The van der Waals surface area contributed by atoms with Gasteiger partial charge in [-0.15, -0.1) is 0 Å². The Hall–Kier alpha value is -2.40. The molecule has 3 rings (SSSR count). The average Bonchev–Trinajstić information content (AvgIpc) is 2.64. The molecule has 1 aliphatic heterocycles. The van der Waals surface area contributed by atoms with E-state index in [0.717, 1.165) is 56.2 Å². The molecule has 0 bridgehead atoms. The van der Waals surface area contributed by atoms with Crippen molar-refractivity contribution in [3.8, 4) is 0 Å². The molecule has 120 valence electrons. The minimum Gasteiger partial charge on any atom is -0.411 e. The fraction of sp³-hybridized carbons (Fsp3) is 0.333. The van der Waals surface area contributed by atoms with E-state index < -0.39 is 0 Å². The van der Waals surface area contributed by atoms with Crippen LogP contribution in [0.1, 0.15) is 12.0 Å². The first kappa shape index (κ1) is 15.5. The van der Waals surface area contributed by atoms with Gasteiger partial charge in [-0.3, -0.25) is 4.90 Å². The maximum absolute atomic E-state index is 9.25. The van der Waals surface area contributed by atoms with Gasteiger partial charge in [0.15, 0.2) is 0 Å². The molecule has 0 aliphatic carbocycles. The van der Waals surface area contributed by atoms with E-state index in [1.54, 1.807) is 0 Å². The van der Waals surface area contributed by atoms with Crippen molar-refractivity contribution >= 4 is 11.5 Å². The normalized spacial score (nSPS) is 16.5. The Bertz CT molecular complexity index is 622. The van der Waals surface area contributed by atoms with Crippen molar-refractivity contribution in [1.82, 2.24) is 9.88 Å². The molecule has 1 aromatic carbocycles. The predicted molar refractivity (Wildman–Crippen MR) is 92.3 cm³/mol. The van der Waals surface area contributed by atoms with Gasteiger partial charge in [0.1, 0.15) is 5.82 Å². The number of aromatic nitrogens is 1. The predicted octanol–water partition coefficient (Wildman–Crippen LogP) is 2.47. The Morgan fingerprint density at radius 3 is 2.39 bits per heavy atom. The quantitative estimate of drug-likeness (QED) is 0.524. The van der Waals surface area contributed by atoms with Gasteiger partial charge in [-0.05, 0) is 17.7 Å². The van der Waals surface area contributed by atoms with Gasteiger partial charge in [-0.25, -0.2) is 4.98 Å². The molecule has 1 fully saturated rings. The van der Waals surface area contributed by atoms with E-state index in [2.05, 4.69) is 26.0 Å². The van der Waals surface area contributed by atoms with Crippen LogP contribution in [0.5, 0.6) is 0 Å². The number of pyridine rings is 1. The molecule has 0 spiro atoms. The Kier molecular flexibility index (Phi) is 5.21. The van der Waals surface area contributed by atoms with Crippen LogP contribution in [-0.4, -0.2) is 53.5 Å². The lowest BCUT2D eigenvalue weighted by molar-refractivity contribution is 0.262. The van der Waals surface area contributed by atoms with Crippen molar-refractivity contribution in [2.75, 3.05) is 37.6 Å². The second-order valence-electron chi connectivity index (χ2n) is 5.68. The third-order valence-electron chi connectivity index (χ3n) is 4.24. The third kappa shape index (κ3) is 4.07. The minimum atomic E-state index is 0.748. The first-order valence-corrected chi connectivity index (χ1v) is 8.01. The van der Waals surface area contributed by atoms with Crippen molar-refractivity contribution in [3.05, 3.63) is 60.3 Å². The van der Waals surface area contributed by atoms with Crippen molar-refractivity contribution < 1.29 is 5.21 Å². The molecule has 0 saturated carbocycles. The highest BCUT2D eigenvalue weighted by Crippen LogP contribution is 2.13. The van der Waals surface area contributed by atoms with E-state index in [1.807, 2.05) is 48.7 Å². The maximum atomic E-state index is 9.25. The van der Waals surface area contributed by atoms with Crippen molar-refractivity contribution in [1.29, 1.82) is 0 Å². The smallest absolute Gasteiger partial charge is 0.128 e. The van der Waals surface area contributed by atoms with Crippen LogP contribution in [-0.2, 0) is 0 Å². The van der Waals surface area contributed by atoms with Gasteiger partial charge in [-0.2, -0.15) is 0 Å². The zero-order chi connectivity index (χ0) is 15.9. The van der Waals surface area contributed by atoms with E-state index in [-0.39, 0.29) is 0 Å². The Morgan fingerprint density at radius 1 is 1.00 bits per heavy atom. The fourth-order valence-electron chi connectivity index (χ4n) is 2.89. The zero-order valence-corrected chi connectivity index (χ0v) is 13.2. The highest BCUT2D eigenvalue weighted by molar-refractivity contribution is 6.00. The van der Waals surface area contributed by atoms with Gasteiger partial charge in [-0.1, -0.05) is 41.6 Å². The Labute approximate surface area is 136 Å². The highest BCUT2D eigenvalue weighted by Gasteiger charge is 2.18. The lowest BCUT2D eigenvalue weighted by atomic mass is 10.1. The largest absolute Gasteiger partial charge is 0.411 e. The second kappa shape index (κ2) is 7.74. The number of benzene rings is 1. The molecule has 23 heavy (non-hydrogen) atoms. The number of anilines is 1. The summed E-state index contributed by atoms with van der Waals surface area (Å²) in [6, 6.07) is 15.9. The third-order valence-corrected chi connectivity index (χ3v) is 4.24. The van der Waals surface area contributed by atoms with Crippen molar-refractivity contribution in [2.45, 2.75) is 6.42 Å². The van der Waals surface area contributed by atoms with Crippen molar-refractivity contribution in [3.63, 3.8) is 0 Å². The lowest BCUT2D eigenvalue weighted by Crippen LogP contribution is -2.47. The van der Waals surface area contributed by atoms with Crippen molar-refractivity contribution in [2.24, 2.45) is 5.16 Å². The molecule has 2 heterocycles. The summed E-state index contributed by atoms with van der Waals surface area (Å²) in [5, 5.41) is 12.7. The summed E-state index contributed by atoms with van der Waals surface area (Å²) >= 11 is 0. The topological polar surface area (TPSA) is 52.0 Å². The molecule has 5 nitrogen and oxygen atoms in total. The molecule has 1 aliphatic rings. The van der Waals surface area contributed by atoms with E-state index >= 15 is 0 Å². The van der Waals surface area contributed by atoms with Crippen LogP contribution >= 0.6 is 0 Å². The molecule has 5 heteroatoms. The lowest BCUT2D eigenvalue weighted by Gasteiger charge is -2.35. The molecular formula is C18H22N4O. The summed E-state index contributed by atoms with van der Waals surface area (Å²) in [4.78, 5) is 9.13. The molecule has 0 radical (unpaired) electrons. The fourth-order valence-corrected chi connectivity index (χ4v) is 2.89. The van der Waals surface area contributed by atoms with E-state index in [4.69, 9.17) is 0 Å². The second-order valence-corrected chi connectivity index (χ2v) is 5.68. The van der Waals surface area contributed by atoms with Crippen LogP contribution in [0.25, 0.3) is 0 Å². The molecule has 1 N–H and O–H groups in total. The Balaban J connectivity index is 1.49. The number of piperazine rings is 1. The van der Waals surface area contributed by atoms with E-state index in [1.165, 1.54) is 0 Å². The molecule has 0 amide bonds. The molecule has 2 aromatic rings. The van der Waals surface area contributed by atoms with Gasteiger partial charge in [0.05, 0.1) is 5.71 Å². The SMILES string of the molecule is O/N=C(\CCN1CCN(c2ccccn2)CC1)c1ccccc1. The molecule has 1 aromatic heterocycles. The number of rotatable bonds is 5. The first-order valence-electron chi connectivity index (χ1n) is 8.01. The van der Waals surface area contributed by atoms with Gasteiger partial charge >= 0.3 is 0 Å². The highest BCUT2D eigenvalue weighted by atomic mass is 16.4. The molecule has 0 atom stereocenters. The maximum Gasteiger partial charge on any atom is 0.128 e. The van der Waals surface area contributed by atoms with Crippen LogP contribution in [0.3, 0.4) is 0 Å². The summed E-state index contributed by atoms with van der Waals surface area (Å²) < 4.78 is 0. The van der Waals surface area contributed by atoms with Crippen LogP contribution in [0, 0.1) is 0 Å². The standard InChI is InChI=1S/C18H22N4O/c23-20-17(16-6-2-1-3-7-16)9-11-21-12-14-22(15-13-21)18-8-4-5-10-19-18/h1-8,10,23H,9,11-15H2/b20-17+. The number of hydrogen-bond donors (Lipinski definition) is 1. The molecule has 1 saturated heterocycles. The van der Waals surface area contributed by atoms with E-state index in [0.29, 0.717) is 0 Å². The summed E-state index contributed by atoms with van der Waals surface area (Å²) in [5.41, 5.74) is 1.74.